The summed E-state index contributed by atoms with van der Waals surface area (Å²) in [6.45, 7) is 4.73. The number of halogens is 1. The monoisotopic (exact) mass is 418 g/mol. The molecule has 150 valence electrons. The summed E-state index contributed by atoms with van der Waals surface area (Å²) >= 11 is 7.64. The Kier molecular flexibility index (Phi) is 9.38. The Labute approximate surface area is 176 Å². The van der Waals surface area contributed by atoms with E-state index >= 15 is 0 Å². The average Bonchev–Trinajstić information content (AvgIpc) is 2.70. The second-order valence-corrected chi connectivity index (χ2v) is 8.02. The Balaban J connectivity index is 2.04. The lowest BCUT2D eigenvalue weighted by Gasteiger charge is -2.28. The number of hydrogen-bond donors (Lipinski definition) is 1. The van der Waals surface area contributed by atoms with Crippen molar-refractivity contribution in [3.63, 3.8) is 0 Å². The highest BCUT2D eigenvalue weighted by molar-refractivity contribution is 7.99. The highest BCUT2D eigenvalue weighted by Crippen LogP contribution is 2.17. The van der Waals surface area contributed by atoms with Crippen molar-refractivity contribution in [1.82, 2.24) is 10.2 Å². The topological polar surface area (TPSA) is 49.4 Å². The first kappa shape index (κ1) is 22.3. The summed E-state index contributed by atoms with van der Waals surface area (Å²) in [4.78, 5) is 27.0. The third kappa shape index (κ3) is 7.21. The van der Waals surface area contributed by atoms with Crippen LogP contribution in [-0.2, 0) is 21.9 Å². The lowest BCUT2D eigenvalue weighted by molar-refractivity contribution is -0.138. The second-order valence-electron chi connectivity index (χ2n) is 6.60. The molecule has 0 bridgehead atoms. The van der Waals surface area contributed by atoms with Gasteiger partial charge in [0.05, 0.1) is 5.75 Å². The quantitative estimate of drug-likeness (QED) is 0.617. The fourth-order valence-electron chi connectivity index (χ4n) is 2.72. The van der Waals surface area contributed by atoms with E-state index in [0.29, 0.717) is 23.9 Å². The number of nitrogens with zero attached hydrogens (tertiary/aromatic N) is 1. The molecule has 0 unspecified atom stereocenters. The number of amides is 2. The predicted molar refractivity (Wildman–Crippen MR) is 117 cm³/mol. The normalized spacial score (nSPS) is 11.7. The van der Waals surface area contributed by atoms with Crippen molar-refractivity contribution in [2.75, 3.05) is 12.3 Å². The molecular weight excluding hydrogens is 392 g/mol. The van der Waals surface area contributed by atoms with Crippen molar-refractivity contribution in [2.45, 2.75) is 38.6 Å². The molecule has 0 aromatic heterocycles. The lowest BCUT2D eigenvalue weighted by Crippen LogP contribution is -2.48. The van der Waals surface area contributed by atoms with Gasteiger partial charge in [0, 0.05) is 23.9 Å². The molecular formula is C22H27ClN2O2S. The molecule has 2 amide bonds. The highest BCUT2D eigenvalue weighted by Gasteiger charge is 2.25. The van der Waals surface area contributed by atoms with Gasteiger partial charge in [-0.1, -0.05) is 61.0 Å². The molecule has 1 N–H and O–H groups in total. The van der Waals surface area contributed by atoms with Crippen LogP contribution in [0.25, 0.3) is 0 Å². The third-order valence-electron chi connectivity index (χ3n) is 4.30. The molecule has 2 aromatic carbocycles. The first-order chi connectivity index (χ1) is 13.5. The molecule has 0 aliphatic rings. The van der Waals surface area contributed by atoms with Crippen LogP contribution < -0.4 is 5.32 Å². The number of carbonyl (C=O) groups excluding carboxylic acids is 2. The number of thioether (sulfide) groups is 1. The highest BCUT2D eigenvalue weighted by atomic mass is 35.5. The number of carbonyl (C=O) groups is 2. The molecule has 2 aromatic rings. The zero-order valence-electron chi connectivity index (χ0n) is 16.4. The number of benzene rings is 2. The van der Waals surface area contributed by atoms with Crippen molar-refractivity contribution in [1.29, 1.82) is 0 Å². The lowest BCUT2D eigenvalue weighted by atomic mass is 10.1. The number of nitrogens with one attached hydrogen (secondary N) is 1. The Bertz CT molecular complexity index is 770. The van der Waals surface area contributed by atoms with Crippen LogP contribution in [0.1, 0.15) is 31.4 Å². The van der Waals surface area contributed by atoms with Gasteiger partial charge in [0.15, 0.2) is 0 Å². The van der Waals surface area contributed by atoms with Crippen LogP contribution in [0.3, 0.4) is 0 Å². The van der Waals surface area contributed by atoms with Gasteiger partial charge in [-0.15, -0.1) is 11.8 Å². The number of rotatable bonds is 10. The standard InChI is InChI=1S/C22H27ClN2O2S/c1-3-12-24-22(27)17(2)25(14-19-10-7-11-20(23)13-19)21(26)16-28-15-18-8-5-4-6-9-18/h4-11,13,17H,3,12,14-16H2,1-2H3,(H,24,27)/t17-/m1/s1. The molecule has 0 aliphatic carbocycles. The predicted octanol–water partition coefficient (Wildman–Crippen LogP) is 4.52. The molecule has 4 nitrogen and oxygen atoms in total. The SMILES string of the molecule is CCCNC(=O)[C@@H](C)N(Cc1cccc(Cl)c1)C(=O)CSCc1ccccc1. The van der Waals surface area contributed by atoms with Gasteiger partial charge in [0.25, 0.3) is 0 Å². The molecule has 2 rings (SSSR count). The molecule has 0 heterocycles. The fraction of sp³-hybridized carbons (Fsp3) is 0.364. The molecule has 0 saturated carbocycles. The van der Waals surface area contributed by atoms with Gasteiger partial charge >= 0.3 is 0 Å². The van der Waals surface area contributed by atoms with Gasteiger partial charge in [0.2, 0.25) is 11.8 Å². The van der Waals surface area contributed by atoms with E-state index in [4.69, 9.17) is 11.6 Å². The Morgan fingerprint density at radius 3 is 2.50 bits per heavy atom. The van der Waals surface area contributed by atoms with Crippen molar-refractivity contribution in [3.8, 4) is 0 Å². The molecule has 0 saturated heterocycles. The van der Waals surface area contributed by atoms with E-state index in [9.17, 15) is 9.59 Å². The first-order valence-electron chi connectivity index (χ1n) is 9.44. The average molecular weight is 419 g/mol. The van der Waals surface area contributed by atoms with Crippen LogP contribution in [0.2, 0.25) is 5.02 Å². The zero-order valence-corrected chi connectivity index (χ0v) is 17.9. The minimum atomic E-state index is -0.546. The largest absolute Gasteiger partial charge is 0.354 e. The van der Waals surface area contributed by atoms with Gasteiger partial charge in [0.1, 0.15) is 6.04 Å². The van der Waals surface area contributed by atoms with Crippen molar-refractivity contribution in [3.05, 3.63) is 70.7 Å². The number of hydrogen-bond acceptors (Lipinski definition) is 3. The third-order valence-corrected chi connectivity index (χ3v) is 5.52. The van der Waals surface area contributed by atoms with E-state index in [0.717, 1.165) is 17.7 Å². The Hall–Kier alpha value is -1.98. The summed E-state index contributed by atoms with van der Waals surface area (Å²) in [6, 6.07) is 16.9. The van der Waals surface area contributed by atoms with E-state index in [-0.39, 0.29) is 11.8 Å². The first-order valence-corrected chi connectivity index (χ1v) is 11.0. The van der Waals surface area contributed by atoms with Crippen LogP contribution in [0, 0.1) is 0 Å². The minimum Gasteiger partial charge on any atom is -0.354 e. The van der Waals surface area contributed by atoms with Crippen LogP contribution in [0.4, 0.5) is 0 Å². The smallest absolute Gasteiger partial charge is 0.242 e. The fourth-order valence-corrected chi connectivity index (χ4v) is 3.81. The zero-order chi connectivity index (χ0) is 20.4. The van der Waals surface area contributed by atoms with Crippen molar-refractivity contribution < 1.29 is 9.59 Å². The van der Waals surface area contributed by atoms with E-state index in [1.807, 2.05) is 55.5 Å². The van der Waals surface area contributed by atoms with Crippen LogP contribution in [0.5, 0.6) is 0 Å². The van der Waals surface area contributed by atoms with Crippen LogP contribution in [-0.4, -0.2) is 35.1 Å². The van der Waals surface area contributed by atoms with Gasteiger partial charge in [-0.05, 0) is 36.6 Å². The molecule has 28 heavy (non-hydrogen) atoms. The van der Waals surface area contributed by atoms with E-state index in [2.05, 4.69) is 5.32 Å². The molecule has 1 atom stereocenters. The maximum absolute atomic E-state index is 12.9. The second kappa shape index (κ2) is 11.8. The van der Waals surface area contributed by atoms with E-state index < -0.39 is 6.04 Å². The van der Waals surface area contributed by atoms with E-state index in [1.165, 1.54) is 5.56 Å². The summed E-state index contributed by atoms with van der Waals surface area (Å²) in [6.07, 6.45) is 0.855. The summed E-state index contributed by atoms with van der Waals surface area (Å²) in [7, 11) is 0. The summed E-state index contributed by atoms with van der Waals surface area (Å²) < 4.78 is 0. The van der Waals surface area contributed by atoms with E-state index in [1.54, 1.807) is 29.7 Å². The molecule has 0 spiro atoms. The maximum atomic E-state index is 12.9. The van der Waals surface area contributed by atoms with Gasteiger partial charge in [-0.2, -0.15) is 0 Å². The van der Waals surface area contributed by atoms with Gasteiger partial charge < -0.3 is 10.2 Å². The molecule has 6 heteroatoms. The van der Waals surface area contributed by atoms with Crippen molar-refractivity contribution in [2.24, 2.45) is 0 Å². The summed E-state index contributed by atoms with van der Waals surface area (Å²) in [5.41, 5.74) is 2.08. The Morgan fingerprint density at radius 2 is 1.82 bits per heavy atom. The molecule has 0 fully saturated rings. The van der Waals surface area contributed by atoms with Gasteiger partial charge in [-0.25, -0.2) is 0 Å². The van der Waals surface area contributed by atoms with Gasteiger partial charge in [-0.3, -0.25) is 9.59 Å². The molecule has 0 aliphatic heterocycles. The summed E-state index contributed by atoms with van der Waals surface area (Å²) in [5.74, 6) is 0.889. The van der Waals surface area contributed by atoms with Crippen LogP contribution >= 0.6 is 23.4 Å². The summed E-state index contributed by atoms with van der Waals surface area (Å²) in [5, 5.41) is 3.50. The van der Waals surface area contributed by atoms with Crippen LogP contribution in [0.15, 0.2) is 54.6 Å². The maximum Gasteiger partial charge on any atom is 0.242 e. The Morgan fingerprint density at radius 1 is 1.11 bits per heavy atom. The van der Waals surface area contributed by atoms with Crippen molar-refractivity contribution >= 4 is 35.2 Å². The molecule has 0 radical (unpaired) electrons. The minimum absolute atomic E-state index is 0.0555.